The molecule has 1 aromatic heterocycles. The van der Waals surface area contributed by atoms with Crippen molar-refractivity contribution in [1.29, 1.82) is 0 Å². The lowest BCUT2D eigenvalue weighted by atomic mass is 9.95. The molecule has 0 spiro atoms. The van der Waals surface area contributed by atoms with Crippen molar-refractivity contribution in [2.75, 3.05) is 25.2 Å². The molecule has 1 N–H and O–H groups in total. The Morgan fingerprint density at radius 2 is 1.77 bits per heavy atom. The summed E-state index contributed by atoms with van der Waals surface area (Å²) in [6.45, 7) is 1.31. The van der Waals surface area contributed by atoms with Gasteiger partial charge in [0, 0.05) is 48.7 Å². The predicted octanol–water partition coefficient (Wildman–Crippen LogP) is 3.09. The molecule has 2 aromatic carbocycles. The molecule has 2 aliphatic heterocycles. The van der Waals surface area contributed by atoms with Crippen LogP contribution in [0.3, 0.4) is 0 Å². The minimum atomic E-state index is -0.128. The minimum absolute atomic E-state index is 0.0124. The number of anilines is 1. The van der Waals surface area contributed by atoms with E-state index in [2.05, 4.69) is 10.4 Å². The normalized spacial score (nSPS) is 15.7. The standard InChI is InChI=1S/C23H22N4O4/c28-22(25-18-4-7-20-21(14-18)31-15-30-20)16-8-12-26(13-9-16)23(29)17-2-5-19(6-3-17)27-11-1-10-24-27/h1-7,10-11,14,16H,8-9,12-13,15H2,(H,25,28). The van der Waals surface area contributed by atoms with Crippen LogP contribution < -0.4 is 14.8 Å². The number of amides is 2. The fourth-order valence-electron chi connectivity index (χ4n) is 3.92. The SMILES string of the molecule is O=C(Nc1ccc2c(c1)OCO2)C1CCN(C(=O)c2ccc(-n3cccn3)cc2)CC1. The summed E-state index contributed by atoms with van der Waals surface area (Å²) in [4.78, 5) is 27.3. The Kier molecular flexibility index (Phi) is 5.03. The molecule has 1 saturated heterocycles. The van der Waals surface area contributed by atoms with Crippen molar-refractivity contribution in [3.63, 3.8) is 0 Å². The topological polar surface area (TPSA) is 85.7 Å². The summed E-state index contributed by atoms with van der Waals surface area (Å²) in [5, 5.41) is 7.14. The molecule has 158 valence electrons. The number of piperidine rings is 1. The minimum Gasteiger partial charge on any atom is -0.454 e. The number of carbonyl (C=O) groups is 2. The first-order valence-electron chi connectivity index (χ1n) is 10.3. The Balaban J connectivity index is 1.16. The van der Waals surface area contributed by atoms with Gasteiger partial charge in [0.1, 0.15) is 0 Å². The van der Waals surface area contributed by atoms with Crippen LogP contribution in [0.15, 0.2) is 60.9 Å². The van der Waals surface area contributed by atoms with Gasteiger partial charge in [0.15, 0.2) is 11.5 Å². The van der Waals surface area contributed by atoms with E-state index < -0.39 is 0 Å². The number of carbonyl (C=O) groups excluding carboxylic acids is 2. The van der Waals surface area contributed by atoms with E-state index in [9.17, 15) is 9.59 Å². The van der Waals surface area contributed by atoms with Crippen molar-refractivity contribution in [2.45, 2.75) is 12.8 Å². The van der Waals surface area contributed by atoms with Gasteiger partial charge in [-0.05, 0) is 55.3 Å². The van der Waals surface area contributed by atoms with Crippen LogP contribution in [0.4, 0.5) is 5.69 Å². The Hall–Kier alpha value is -3.81. The first kappa shape index (κ1) is 19.2. The monoisotopic (exact) mass is 418 g/mol. The number of ether oxygens (including phenoxy) is 2. The third-order valence-electron chi connectivity index (χ3n) is 5.68. The maximum absolute atomic E-state index is 12.9. The smallest absolute Gasteiger partial charge is 0.253 e. The number of hydrogen-bond acceptors (Lipinski definition) is 5. The van der Waals surface area contributed by atoms with E-state index in [0.29, 0.717) is 48.7 Å². The second-order valence-corrected chi connectivity index (χ2v) is 7.62. The van der Waals surface area contributed by atoms with Crippen molar-refractivity contribution in [3.8, 4) is 17.2 Å². The molecule has 0 atom stereocenters. The molecule has 31 heavy (non-hydrogen) atoms. The Morgan fingerprint density at radius 1 is 1.00 bits per heavy atom. The summed E-state index contributed by atoms with van der Waals surface area (Å²) in [5.74, 6) is 1.15. The zero-order valence-electron chi connectivity index (χ0n) is 16.9. The summed E-state index contributed by atoms with van der Waals surface area (Å²) in [5.41, 5.74) is 2.23. The lowest BCUT2D eigenvalue weighted by Gasteiger charge is -2.31. The van der Waals surface area contributed by atoms with Crippen LogP contribution in [0.5, 0.6) is 11.5 Å². The Labute approximate surface area is 179 Å². The highest BCUT2D eigenvalue weighted by atomic mass is 16.7. The van der Waals surface area contributed by atoms with Crippen molar-refractivity contribution in [3.05, 3.63) is 66.5 Å². The lowest BCUT2D eigenvalue weighted by molar-refractivity contribution is -0.121. The van der Waals surface area contributed by atoms with Gasteiger partial charge in [-0.15, -0.1) is 0 Å². The lowest BCUT2D eigenvalue weighted by Crippen LogP contribution is -2.41. The van der Waals surface area contributed by atoms with Gasteiger partial charge >= 0.3 is 0 Å². The van der Waals surface area contributed by atoms with Crippen LogP contribution in [0.2, 0.25) is 0 Å². The number of benzene rings is 2. The Bertz CT molecular complexity index is 1090. The second kappa shape index (κ2) is 8.14. The van der Waals surface area contributed by atoms with E-state index in [-0.39, 0.29) is 24.5 Å². The molecule has 0 bridgehead atoms. The average Bonchev–Trinajstić information content (AvgIpc) is 3.51. The van der Waals surface area contributed by atoms with Crippen molar-refractivity contribution in [1.82, 2.24) is 14.7 Å². The molecular formula is C23H22N4O4. The molecule has 2 amide bonds. The second-order valence-electron chi connectivity index (χ2n) is 7.62. The van der Waals surface area contributed by atoms with E-state index in [1.807, 2.05) is 41.4 Å². The molecule has 3 heterocycles. The van der Waals surface area contributed by atoms with Crippen molar-refractivity contribution < 1.29 is 19.1 Å². The predicted molar refractivity (Wildman–Crippen MR) is 113 cm³/mol. The molecular weight excluding hydrogens is 396 g/mol. The number of likely N-dealkylation sites (tertiary alicyclic amines) is 1. The zero-order chi connectivity index (χ0) is 21.2. The van der Waals surface area contributed by atoms with Crippen molar-refractivity contribution >= 4 is 17.5 Å². The molecule has 5 rings (SSSR count). The first-order valence-corrected chi connectivity index (χ1v) is 10.3. The highest BCUT2D eigenvalue weighted by Crippen LogP contribution is 2.34. The van der Waals surface area contributed by atoms with Crippen LogP contribution in [-0.4, -0.2) is 46.4 Å². The summed E-state index contributed by atoms with van der Waals surface area (Å²) in [6, 6.07) is 14.6. The van der Waals surface area contributed by atoms with Crippen LogP contribution in [-0.2, 0) is 4.79 Å². The van der Waals surface area contributed by atoms with Crippen LogP contribution in [0, 0.1) is 5.92 Å². The van der Waals surface area contributed by atoms with Gasteiger partial charge in [-0.3, -0.25) is 9.59 Å². The van der Waals surface area contributed by atoms with Gasteiger partial charge in [-0.1, -0.05) is 0 Å². The van der Waals surface area contributed by atoms with Gasteiger partial charge in [0.25, 0.3) is 5.91 Å². The van der Waals surface area contributed by atoms with Gasteiger partial charge in [0.2, 0.25) is 12.7 Å². The maximum atomic E-state index is 12.9. The molecule has 2 aliphatic rings. The van der Waals surface area contributed by atoms with Crippen LogP contribution in [0.25, 0.3) is 5.69 Å². The number of aromatic nitrogens is 2. The number of hydrogen-bond donors (Lipinski definition) is 1. The van der Waals surface area contributed by atoms with E-state index in [1.54, 1.807) is 29.1 Å². The Morgan fingerprint density at radius 3 is 2.52 bits per heavy atom. The number of rotatable bonds is 4. The van der Waals surface area contributed by atoms with Crippen LogP contribution in [0.1, 0.15) is 23.2 Å². The van der Waals surface area contributed by atoms with Gasteiger partial charge in [0.05, 0.1) is 5.69 Å². The number of fused-ring (bicyclic) bond motifs is 1. The van der Waals surface area contributed by atoms with Gasteiger partial charge in [-0.2, -0.15) is 5.10 Å². The fourth-order valence-corrected chi connectivity index (χ4v) is 3.92. The molecule has 0 radical (unpaired) electrons. The maximum Gasteiger partial charge on any atom is 0.253 e. The summed E-state index contributed by atoms with van der Waals surface area (Å²) < 4.78 is 12.4. The fraction of sp³-hybridized carbons (Fsp3) is 0.261. The highest BCUT2D eigenvalue weighted by Gasteiger charge is 2.28. The summed E-state index contributed by atoms with van der Waals surface area (Å²) in [6.07, 6.45) is 4.84. The summed E-state index contributed by atoms with van der Waals surface area (Å²) >= 11 is 0. The van der Waals surface area contributed by atoms with Crippen molar-refractivity contribution in [2.24, 2.45) is 5.92 Å². The molecule has 3 aromatic rings. The van der Waals surface area contributed by atoms with Gasteiger partial charge in [-0.25, -0.2) is 4.68 Å². The van der Waals surface area contributed by atoms with Crippen LogP contribution >= 0.6 is 0 Å². The largest absolute Gasteiger partial charge is 0.454 e. The zero-order valence-corrected chi connectivity index (χ0v) is 16.9. The van der Waals surface area contributed by atoms with E-state index >= 15 is 0 Å². The quantitative estimate of drug-likeness (QED) is 0.704. The first-order chi connectivity index (χ1) is 15.2. The summed E-state index contributed by atoms with van der Waals surface area (Å²) in [7, 11) is 0. The molecule has 8 nitrogen and oxygen atoms in total. The molecule has 8 heteroatoms. The molecule has 0 unspecified atom stereocenters. The van der Waals surface area contributed by atoms with E-state index in [1.165, 1.54) is 0 Å². The molecule has 0 saturated carbocycles. The van der Waals surface area contributed by atoms with E-state index in [4.69, 9.17) is 9.47 Å². The third-order valence-corrected chi connectivity index (χ3v) is 5.68. The third kappa shape index (κ3) is 3.96. The average molecular weight is 418 g/mol. The van der Waals surface area contributed by atoms with Gasteiger partial charge < -0.3 is 19.7 Å². The molecule has 0 aliphatic carbocycles. The van der Waals surface area contributed by atoms with E-state index in [0.717, 1.165) is 5.69 Å². The number of nitrogens with zero attached hydrogens (tertiary/aromatic N) is 3. The molecule has 1 fully saturated rings. The number of nitrogens with one attached hydrogen (secondary N) is 1. The highest BCUT2D eigenvalue weighted by molar-refractivity contribution is 5.95.